The molecule has 0 saturated carbocycles. The molecule has 4 aromatic heterocycles. The molecule has 0 radical (unpaired) electrons. The van der Waals surface area contributed by atoms with Gasteiger partial charge in [-0.1, -0.05) is 54.6 Å². The number of hydrogen-bond donors (Lipinski definition) is 0. The fourth-order valence-corrected chi connectivity index (χ4v) is 6.86. The monoisotopic (exact) mass is 696 g/mol. The highest BCUT2D eigenvalue weighted by atomic mass is 32.1. The third-order valence-electron chi connectivity index (χ3n) is 8.57. The van der Waals surface area contributed by atoms with Gasteiger partial charge in [-0.3, -0.25) is 9.55 Å². The van der Waals surface area contributed by atoms with Crippen LogP contribution in [0.1, 0.15) is 37.3 Å². The molecule has 3 aromatic carbocycles. The minimum absolute atomic E-state index is 0.281. The number of thiophene rings is 1. The maximum Gasteiger partial charge on any atom is 0.338 e. The van der Waals surface area contributed by atoms with E-state index in [-0.39, 0.29) is 17.7 Å². The third kappa shape index (κ3) is 6.22. The number of benzene rings is 3. The molecule has 0 bridgehead atoms. The Hall–Kier alpha value is -6.24. The summed E-state index contributed by atoms with van der Waals surface area (Å²) in [5.74, 6) is -1.93. The molecule has 11 nitrogen and oxygen atoms in total. The quantitative estimate of drug-likeness (QED) is 0.116. The number of pyridine rings is 1. The number of aromatic nitrogens is 4. The van der Waals surface area contributed by atoms with Crippen molar-refractivity contribution in [2.75, 3.05) is 6.61 Å². The average Bonchev–Trinajstić information content (AvgIpc) is 3.92. The molecule has 252 valence electrons. The highest BCUT2D eigenvalue weighted by molar-refractivity contribution is 7.08. The van der Waals surface area contributed by atoms with E-state index in [9.17, 15) is 14.4 Å². The number of esters is 3. The lowest BCUT2D eigenvalue weighted by Crippen LogP contribution is -2.41. The van der Waals surface area contributed by atoms with Crippen LogP contribution in [-0.4, -0.2) is 62.3 Å². The topological polar surface area (TPSA) is 132 Å². The van der Waals surface area contributed by atoms with Gasteiger partial charge < -0.3 is 18.9 Å². The molecule has 0 N–H and O–H groups in total. The van der Waals surface area contributed by atoms with Crippen molar-refractivity contribution in [3.8, 4) is 11.3 Å². The van der Waals surface area contributed by atoms with Crippen molar-refractivity contribution < 1.29 is 33.3 Å². The Morgan fingerprint density at radius 1 is 0.706 bits per heavy atom. The number of ether oxygens (including phenoxy) is 4. The van der Waals surface area contributed by atoms with Crippen molar-refractivity contribution in [2.45, 2.75) is 24.5 Å². The molecule has 51 heavy (non-hydrogen) atoms. The second-order valence-corrected chi connectivity index (χ2v) is 12.5. The SMILES string of the molecule is O=C(OC[C@H]1O[C@@H](n2c3cccnc3c3c(-c4ccsc4)ncnc32)[C@H](OC(=O)c2ccccc2)[C@@H]1OC(=O)c1ccccc1)c1ccccc1. The van der Waals surface area contributed by atoms with Crippen molar-refractivity contribution in [1.29, 1.82) is 0 Å². The first kappa shape index (κ1) is 32.0. The zero-order chi connectivity index (χ0) is 34.7. The third-order valence-corrected chi connectivity index (χ3v) is 9.25. The average molecular weight is 697 g/mol. The van der Waals surface area contributed by atoms with E-state index in [0.717, 1.165) is 5.56 Å². The van der Waals surface area contributed by atoms with Crippen LogP contribution >= 0.6 is 11.3 Å². The second kappa shape index (κ2) is 13.9. The molecule has 1 saturated heterocycles. The van der Waals surface area contributed by atoms with E-state index in [0.29, 0.717) is 33.3 Å². The van der Waals surface area contributed by atoms with Crippen LogP contribution in [0.5, 0.6) is 0 Å². The Bertz CT molecular complexity index is 2330. The molecule has 0 aliphatic carbocycles. The van der Waals surface area contributed by atoms with Gasteiger partial charge in [0, 0.05) is 17.1 Å². The summed E-state index contributed by atoms with van der Waals surface area (Å²) < 4.78 is 26.6. The molecule has 1 aliphatic rings. The van der Waals surface area contributed by atoms with Crippen LogP contribution in [0, 0.1) is 0 Å². The van der Waals surface area contributed by atoms with E-state index in [1.807, 2.05) is 22.9 Å². The van der Waals surface area contributed by atoms with Gasteiger partial charge in [-0.25, -0.2) is 24.4 Å². The van der Waals surface area contributed by atoms with Crippen LogP contribution in [0.3, 0.4) is 0 Å². The van der Waals surface area contributed by atoms with Gasteiger partial charge in [-0.05, 0) is 60.0 Å². The zero-order valence-corrected chi connectivity index (χ0v) is 27.6. The largest absolute Gasteiger partial charge is 0.459 e. The molecule has 0 spiro atoms. The van der Waals surface area contributed by atoms with E-state index in [1.165, 1.54) is 17.7 Å². The van der Waals surface area contributed by atoms with Crippen LogP contribution < -0.4 is 0 Å². The number of fused-ring (bicyclic) bond motifs is 3. The smallest absolute Gasteiger partial charge is 0.338 e. The minimum Gasteiger partial charge on any atom is -0.459 e. The van der Waals surface area contributed by atoms with Crippen LogP contribution in [0.25, 0.3) is 33.3 Å². The zero-order valence-electron chi connectivity index (χ0n) is 26.8. The predicted molar refractivity (Wildman–Crippen MR) is 188 cm³/mol. The first-order valence-corrected chi connectivity index (χ1v) is 17.0. The van der Waals surface area contributed by atoms with Gasteiger partial charge in [0.2, 0.25) is 0 Å². The number of nitrogens with zero attached hydrogens (tertiary/aromatic N) is 4. The lowest BCUT2D eigenvalue weighted by molar-refractivity contribution is -0.0588. The van der Waals surface area contributed by atoms with Crippen LogP contribution in [-0.2, 0) is 18.9 Å². The number of carbonyl (C=O) groups is 3. The van der Waals surface area contributed by atoms with Gasteiger partial charge in [0.05, 0.1) is 38.8 Å². The second-order valence-electron chi connectivity index (χ2n) is 11.7. The van der Waals surface area contributed by atoms with Crippen LogP contribution in [0.2, 0.25) is 0 Å². The highest BCUT2D eigenvalue weighted by Crippen LogP contribution is 2.42. The molecule has 12 heteroatoms. The molecular weight excluding hydrogens is 669 g/mol. The van der Waals surface area contributed by atoms with Gasteiger partial charge in [0.25, 0.3) is 0 Å². The Labute approximate surface area is 295 Å². The van der Waals surface area contributed by atoms with Crippen molar-refractivity contribution >= 4 is 51.3 Å². The maximum absolute atomic E-state index is 13.8. The van der Waals surface area contributed by atoms with Crippen molar-refractivity contribution in [3.63, 3.8) is 0 Å². The normalized spacial score (nSPS) is 18.4. The van der Waals surface area contributed by atoms with E-state index in [2.05, 4.69) is 9.97 Å². The van der Waals surface area contributed by atoms with Gasteiger partial charge in [-0.2, -0.15) is 11.3 Å². The number of hydrogen-bond acceptors (Lipinski definition) is 11. The molecule has 1 aliphatic heterocycles. The lowest BCUT2D eigenvalue weighted by atomic mass is 10.1. The van der Waals surface area contributed by atoms with Gasteiger partial charge in [0.15, 0.2) is 18.4 Å². The molecule has 5 heterocycles. The molecule has 0 unspecified atom stereocenters. The Kier molecular flexibility index (Phi) is 8.74. The molecular formula is C39H28N4O7S. The van der Waals surface area contributed by atoms with Gasteiger partial charge in [0.1, 0.15) is 24.7 Å². The molecule has 0 amide bonds. The standard InChI is InChI=1S/C39H28N4O7S/c44-37(24-11-4-1-5-12-24)47-21-29-33(49-38(45)25-13-6-2-7-14-25)34(50-39(46)26-15-8-3-9-16-26)36(48-29)43-28-17-10-19-40-32(28)30-31(27-18-20-51-22-27)41-23-42-35(30)43/h1-20,22-23,29,33-34,36H,21H2/t29-,33-,34-,36-/m1/s1. The summed E-state index contributed by atoms with van der Waals surface area (Å²) in [4.78, 5) is 54.5. The fourth-order valence-electron chi connectivity index (χ4n) is 6.22. The Morgan fingerprint density at radius 3 is 1.96 bits per heavy atom. The summed E-state index contributed by atoms with van der Waals surface area (Å²) in [7, 11) is 0. The summed E-state index contributed by atoms with van der Waals surface area (Å²) >= 11 is 1.54. The first-order valence-electron chi connectivity index (χ1n) is 16.1. The summed E-state index contributed by atoms with van der Waals surface area (Å²) in [5, 5.41) is 4.61. The summed E-state index contributed by atoms with van der Waals surface area (Å²) in [5.41, 5.74) is 4.13. The fraction of sp³-hybridized carbons (Fsp3) is 0.128. The van der Waals surface area contributed by atoms with E-state index in [1.54, 1.807) is 108 Å². The molecule has 8 rings (SSSR count). The first-order chi connectivity index (χ1) is 25.1. The molecule has 4 atom stereocenters. The number of rotatable bonds is 9. The minimum atomic E-state index is -1.23. The summed E-state index contributed by atoms with van der Waals surface area (Å²) in [6.07, 6.45) is -1.50. The summed E-state index contributed by atoms with van der Waals surface area (Å²) in [6.45, 7) is -0.319. The van der Waals surface area contributed by atoms with Crippen molar-refractivity contribution in [2.24, 2.45) is 0 Å². The Morgan fingerprint density at radius 2 is 1.33 bits per heavy atom. The number of carbonyl (C=O) groups excluding carboxylic acids is 3. The van der Waals surface area contributed by atoms with Crippen LogP contribution in [0.4, 0.5) is 0 Å². The van der Waals surface area contributed by atoms with Gasteiger partial charge >= 0.3 is 17.9 Å². The van der Waals surface area contributed by atoms with E-state index in [4.69, 9.17) is 23.9 Å². The van der Waals surface area contributed by atoms with Crippen molar-refractivity contribution in [3.05, 3.63) is 149 Å². The Balaban J connectivity index is 1.26. The van der Waals surface area contributed by atoms with E-state index < -0.39 is 42.4 Å². The van der Waals surface area contributed by atoms with Gasteiger partial charge in [-0.15, -0.1) is 0 Å². The molecule has 7 aromatic rings. The highest BCUT2D eigenvalue weighted by Gasteiger charge is 2.52. The maximum atomic E-state index is 13.8. The van der Waals surface area contributed by atoms with Crippen molar-refractivity contribution in [1.82, 2.24) is 19.5 Å². The lowest BCUT2D eigenvalue weighted by Gasteiger charge is -2.25. The predicted octanol–water partition coefficient (Wildman–Crippen LogP) is 6.91. The van der Waals surface area contributed by atoms with E-state index >= 15 is 0 Å². The van der Waals surface area contributed by atoms with Crippen LogP contribution in [0.15, 0.2) is 132 Å². The summed E-state index contributed by atoms with van der Waals surface area (Å²) in [6, 6.07) is 31.0. The molecule has 1 fully saturated rings.